The lowest BCUT2D eigenvalue weighted by Crippen LogP contribution is -2.21. The lowest BCUT2D eigenvalue weighted by molar-refractivity contribution is 0.381. The lowest BCUT2D eigenvalue weighted by Gasteiger charge is -2.12. The fraction of sp³-hybridized carbons (Fsp3) is 0.333. The number of nitrogens with zero attached hydrogens (tertiary/aromatic N) is 1. The number of terminal acetylenes is 1. The maximum absolute atomic E-state index is 5.21. The van der Waals surface area contributed by atoms with E-state index >= 15 is 0 Å². The van der Waals surface area contributed by atoms with Crippen molar-refractivity contribution in [2.45, 2.75) is 6.42 Å². The van der Waals surface area contributed by atoms with Crippen LogP contribution in [0, 0.1) is 12.3 Å². The van der Waals surface area contributed by atoms with Crippen LogP contribution in [-0.4, -0.2) is 25.0 Å². The molecule has 1 rings (SSSR count). The Labute approximate surface area is 80.4 Å². The van der Waals surface area contributed by atoms with E-state index in [1.807, 2.05) is 13.1 Å². The summed E-state index contributed by atoms with van der Waals surface area (Å²) in [7, 11) is 2.04. The van der Waals surface area contributed by atoms with Crippen molar-refractivity contribution >= 4 is 0 Å². The van der Waals surface area contributed by atoms with Gasteiger partial charge in [-0.1, -0.05) is 36.3 Å². The third-order valence-corrected chi connectivity index (χ3v) is 1.99. The Morgan fingerprint density at radius 2 is 2.00 bits per heavy atom. The summed E-state index contributed by atoms with van der Waals surface area (Å²) in [4.78, 5) is 2.15. The van der Waals surface area contributed by atoms with Gasteiger partial charge in [0.2, 0.25) is 0 Å². The predicted molar refractivity (Wildman–Crippen MR) is 56.5 cm³/mol. The van der Waals surface area contributed by atoms with E-state index in [9.17, 15) is 0 Å². The van der Waals surface area contributed by atoms with Gasteiger partial charge in [0.05, 0.1) is 6.54 Å². The van der Waals surface area contributed by atoms with Crippen LogP contribution in [0.3, 0.4) is 0 Å². The summed E-state index contributed by atoms with van der Waals surface area (Å²) in [6.45, 7) is 1.75. The van der Waals surface area contributed by atoms with Gasteiger partial charge in [-0.25, -0.2) is 0 Å². The average molecular weight is 173 g/mol. The third kappa shape index (κ3) is 3.78. The second kappa shape index (κ2) is 5.40. The molecule has 68 valence electrons. The molecule has 0 spiro atoms. The van der Waals surface area contributed by atoms with E-state index in [0.717, 1.165) is 19.5 Å². The number of hydrogen-bond acceptors (Lipinski definition) is 1. The Hall–Kier alpha value is -1.26. The van der Waals surface area contributed by atoms with Gasteiger partial charge in [0.1, 0.15) is 0 Å². The minimum atomic E-state index is 0.729. The molecule has 0 aliphatic rings. The van der Waals surface area contributed by atoms with Gasteiger partial charge in [-0.15, -0.1) is 6.42 Å². The quantitative estimate of drug-likeness (QED) is 0.627. The van der Waals surface area contributed by atoms with E-state index in [0.29, 0.717) is 0 Å². The third-order valence-electron chi connectivity index (χ3n) is 1.99. The molecule has 0 fully saturated rings. The molecular weight excluding hydrogens is 158 g/mol. The zero-order valence-corrected chi connectivity index (χ0v) is 8.03. The molecule has 0 bridgehead atoms. The summed E-state index contributed by atoms with van der Waals surface area (Å²) in [6, 6.07) is 10.5. The van der Waals surface area contributed by atoms with E-state index in [4.69, 9.17) is 6.42 Å². The van der Waals surface area contributed by atoms with Gasteiger partial charge in [0, 0.05) is 6.54 Å². The fourth-order valence-corrected chi connectivity index (χ4v) is 1.20. The van der Waals surface area contributed by atoms with Gasteiger partial charge < -0.3 is 0 Å². The zero-order chi connectivity index (χ0) is 9.52. The second-order valence-corrected chi connectivity index (χ2v) is 3.18. The second-order valence-electron chi connectivity index (χ2n) is 3.18. The SMILES string of the molecule is C#CCN(C)CCc1ccccc1. The predicted octanol–water partition coefficient (Wildman–Crippen LogP) is 1.79. The van der Waals surface area contributed by atoms with E-state index in [1.54, 1.807) is 0 Å². The Morgan fingerprint density at radius 3 is 2.62 bits per heavy atom. The molecule has 0 amide bonds. The van der Waals surface area contributed by atoms with Gasteiger partial charge in [-0.2, -0.15) is 0 Å². The van der Waals surface area contributed by atoms with Gasteiger partial charge in [0.15, 0.2) is 0 Å². The van der Waals surface area contributed by atoms with Gasteiger partial charge >= 0.3 is 0 Å². The molecule has 0 radical (unpaired) electrons. The topological polar surface area (TPSA) is 3.24 Å². The van der Waals surface area contributed by atoms with Crippen molar-refractivity contribution in [1.82, 2.24) is 4.90 Å². The molecule has 0 unspecified atom stereocenters. The van der Waals surface area contributed by atoms with Crippen LogP contribution in [0.1, 0.15) is 5.56 Å². The van der Waals surface area contributed by atoms with Crippen LogP contribution < -0.4 is 0 Å². The highest BCUT2D eigenvalue weighted by Crippen LogP contribution is 1.99. The lowest BCUT2D eigenvalue weighted by atomic mass is 10.1. The van der Waals surface area contributed by atoms with Crippen molar-refractivity contribution in [3.63, 3.8) is 0 Å². The van der Waals surface area contributed by atoms with Crippen molar-refractivity contribution in [2.75, 3.05) is 20.1 Å². The molecule has 0 N–H and O–H groups in total. The first kappa shape index (κ1) is 9.83. The average Bonchev–Trinajstić information content (AvgIpc) is 2.17. The van der Waals surface area contributed by atoms with E-state index in [2.05, 4.69) is 35.1 Å². The summed E-state index contributed by atoms with van der Waals surface area (Å²) in [5.74, 6) is 2.63. The van der Waals surface area contributed by atoms with Crippen LogP contribution in [-0.2, 0) is 6.42 Å². The molecular formula is C12H15N. The first-order chi connectivity index (χ1) is 6.33. The summed E-state index contributed by atoms with van der Waals surface area (Å²) in [5, 5.41) is 0. The Balaban J connectivity index is 2.32. The smallest absolute Gasteiger partial charge is 0.0596 e. The van der Waals surface area contributed by atoms with Crippen LogP contribution in [0.5, 0.6) is 0 Å². The first-order valence-corrected chi connectivity index (χ1v) is 4.49. The standard InChI is InChI=1S/C12H15N/c1-3-10-13(2)11-9-12-7-5-4-6-8-12/h1,4-8H,9-11H2,2H3. The first-order valence-electron chi connectivity index (χ1n) is 4.49. The summed E-state index contributed by atoms with van der Waals surface area (Å²) in [5.41, 5.74) is 1.37. The monoisotopic (exact) mass is 173 g/mol. The number of benzene rings is 1. The van der Waals surface area contributed by atoms with Crippen molar-refractivity contribution in [2.24, 2.45) is 0 Å². The van der Waals surface area contributed by atoms with Crippen molar-refractivity contribution in [3.05, 3.63) is 35.9 Å². The van der Waals surface area contributed by atoms with Gasteiger partial charge in [-0.3, -0.25) is 4.90 Å². The Kier molecular flexibility index (Phi) is 4.08. The molecule has 0 atom stereocenters. The normalized spacial score (nSPS) is 9.92. The van der Waals surface area contributed by atoms with E-state index < -0.39 is 0 Å². The fourth-order valence-electron chi connectivity index (χ4n) is 1.20. The molecule has 0 aliphatic carbocycles. The highest BCUT2D eigenvalue weighted by molar-refractivity contribution is 5.14. The molecule has 0 aliphatic heterocycles. The van der Waals surface area contributed by atoms with Gasteiger partial charge in [0.25, 0.3) is 0 Å². The van der Waals surface area contributed by atoms with Crippen LogP contribution in [0.2, 0.25) is 0 Å². The molecule has 1 aromatic carbocycles. The van der Waals surface area contributed by atoms with Crippen molar-refractivity contribution in [3.8, 4) is 12.3 Å². The van der Waals surface area contributed by atoms with Crippen LogP contribution in [0.25, 0.3) is 0 Å². The Morgan fingerprint density at radius 1 is 1.31 bits per heavy atom. The molecule has 0 saturated heterocycles. The maximum atomic E-state index is 5.21. The molecule has 0 aromatic heterocycles. The zero-order valence-electron chi connectivity index (χ0n) is 8.03. The van der Waals surface area contributed by atoms with Crippen molar-refractivity contribution in [1.29, 1.82) is 0 Å². The Bertz CT molecular complexity index is 271. The minimum absolute atomic E-state index is 0.729. The molecule has 1 nitrogen and oxygen atoms in total. The van der Waals surface area contributed by atoms with Crippen LogP contribution in [0.4, 0.5) is 0 Å². The summed E-state index contributed by atoms with van der Waals surface area (Å²) >= 11 is 0. The minimum Gasteiger partial charge on any atom is -0.295 e. The molecule has 1 heteroatoms. The number of rotatable bonds is 4. The van der Waals surface area contributed by atoms with Gasteiger partial charge in [-0.05, 0) is 19.0 Å². The highest BCUT2D eigenvalue weighted by atomic mass is 15.1. The number of likely N-dealkylation sites (N-methyl/N-ethyl adjacent to an activating group) is 1. The summed E-state index contributed by atoms with van der Waals surface area (Å²) < 4.78 is 0. The van der Waals surface area contributed by atoms with Crippen LogP contribution >= 0.6 is 0 Å². The molecule has 13 heavy (non-hydrogen) atoms. The molecule has 0 saturated carbocycles. The van der Waals surface area contributed by atoms with Crippen LogP contribution in [0.15, 0.2) is 30.3 Å². The largest absolute Gasteiger partial charge is 0.295 e. The molecule has 1 aromatic rings. The van der Waals surface area contributed by atoms with E-state index in [-0.39, 0.29) is 0 Å². The number of hydrogen-bond donors (Lipinski definition) is 0. The highest BCUT2D eigenvalue weighted by Gasteiger charge is 1.95. The molecule has 0 heterocycles. The summed E-state index contributed by atoms with van der Waals surface area (Å²) in [6.07, 6.45) is 6.28. The van der Waals surface area contributed by atoms with Crippen molar-refractivity contribution < 1.29 is 0 Å². The maximum Gasteiger partial charge on any atom is 0.0596 e. The van der Waals surface area contributed by atoms with E-state index in [1.165, 1.54) is 5.56 Å².